The van der Waals surface area contributed by atoms with Crippen LogP contribution in [0.4, 0.5) is 5.69 Å². The van der Waals surface area contributed by atoms with E-state index in [1.807, 2.05) is 0 Å². The Morgan fingerprint density at radius 1 is 1.00 bits per heavy atom. The number of rotatable bonds is 3. The van der Waals surface area contributed by atoms with Crippen molar-refractivity contribution >= 4 is 29.3 Å². The van der Waals surface area contributed by atoms with Crippen LogP contribution < -0.4 is 30.5 Å². The van der Waals surface area contributed by atoms with E-state index in [2.05, 4.69) is 16.2 Å². The maximum Gasteiger partial charge on any atom is 0.327 e. The molecule has 28 heavy (non-hydrogen) atoms. The van der Waals surface area contributed by atoms with Crippen LogP contribution in [0, 0.1) is 5.92 Å². The number of nitrogens with one attached hydrogen (secondary N) is 3. The van der Waals surface area contributed by atoms with Gasteiger partial charge in [0.05, 0.1) is 5.92 Å². The van der Waals surface area contributed by atoms with Crippen molar-refractivity contribution in [2.75, 3.05) is 24.7 Å². The first-order valence-electron chi connectivity index (χ1n) is 9.12. The van der Waals surface area contributed by atoms with E-state index in [1.165, 1.54) is 4.90 Å². The molecule has 1 saturated carbocycles. The minimum absolute atomic E-state index is 0.00438. The fourth-order valence-corrected chi connectivity index (χ4v) is 3.09. The lowest BCUT2D eigenvalue weighted by atomic mass is 10.1. The molecule has 10 nitrogen and oxygen atoms in total. The molecule has 4 amide bonds. The molecule has 148 valence electrons. The molecule has 4 rings (SSSR count). The lowest BCUT2D eigenvalue weighted by Gasteiger charge is -2.22. The molecule has 0 spiro atoms. The number of anilines is 1. The number of amides is 4. The van der Waals surface area contributed by atoms with E-state index in [0.29, 0.717) is 30.4 Å². The molecule has 2 heterocycles. The Balaban J connectivity index is 1.33. The maximum absolute atomic E-state index is 12.4. The van der Waals surface area contributed by atoms with Gasteiger partial charge in [0, 0.05) is 30.8 Å². The van der Waals surface area contributed by atoms with E-state index in [4.69, 9.17) is 9.47 Å². The van der Waals surface area contributed by atoms with Crippen LogP contribution in [0.5, 0.6) is 11.5 Å². The molecule has 3 N–H and O–H groups in total. The zero-order valence-corrected chi connectivity index (χ0v) is 15.0. The lowest BCUT2D eigenvalue weighted by molar-refractivity contribution is -0.141. The van der Waals surface area contributed by atoms with Crippen molar-refractivity contribution in [1.29, 1.82) is 0 Å². The van der Waals surface area contributed by atoms with Crippen molar-refractivity contribution in [2.45, 2.75) is 25.3 Å². The van der Waals surface area contributed by atoms with Gasteiger partial charge in [0.15, 0.2) is 11.5 Å². The van der Waals surface area contributed by atoms with Crippen LogP contribution in [0.2, 0.25) is 0 Å². The second-order valence-corrected chi connectivity index (χ2v) is 6.92. The normalized spacial score (nSPS) is 20.5. The molecule has 0 bridgehead atoms. The highest BCUT2D eigenvalue weighted by molar-refractivity contribution is 6.35. The lowest BCUT2D eigenvalue weighted by Crippen LogP contribution is -2.50. The highest BCUT2D eigenvalue weighted by atomic mass is 16.6. The first-order valence-corrected chi connectivity index (χ1v) is 9.12. The summed E-state index contributed by atoms with van der Waals surface area (Å²) in [6, 6.07) is 5.20. The number of carbonyl (C=O) groups is 4. The van der Waals surface area contributed by atoms with Crippen molar-refractivity contribution < 1.29 is 28.7 Å². The van der Waals surface area contributed by atoms with Crippen LogP contribution >= 0.6 is 0 Å². The van der Waals surface area contributed by atoms with Gasteiger partial charge in [-0.05, 0) is 25.0 Å². The summed E-state index contributed by atoms with van der Waals surface area (Å²) in [4.78, 5) is 49.4. The molecule has 1 atom stereocenters. The zero-order valence-electron chi connectivity index (χ0n) is 15.0. The van der Waals surface area contributed by atoms with E-state index in [-0.39, 0.29) is 24.9 Å². The topological polar surface area (TPSA) is 126 Å². The van der Waals surface area contributed by atoms with Crippen molar-refractivity contribution in [1.82, 2.24) is 16.2 Å². The van der Waals surface area contributed by atoms with Gasteiger partial charge in [0.1, 0.15) is 13.2 Å². The third-order valence-corrected chi connectivity index (χ3v) is 4.75. The predicted octanol–water partition coefficient (Wildman–Crippen LogP) is -0.763. The third kappa shape index (κ3) is 3.85. The Kier molecular flexibility index (Phi) is 4.76. The van der Waals surface area contributed by atoms with Gasteiger partial charge in [-0.3, -0.25) is 30.0 Å². The Labute approximate surface area is 160 Å². The molecular formula is C18H20N4O6. The number of fused-ring (bicyclic) bond motifs is 1. The largest absolute Gasteiger partial charge is 0.486 e. The molecule has 1 aromatic rings. The summed E-state index contributed by atoms with van der Waals surface area (Å²) >= 11 is 0. The fourth-order valence-electron chi connectivity index (χ4n) is 3.09. The van der Waals surface area contributed by atoms with Crippen molar-refractivity contribution in [2.24, 2.45) is 5.92 Å². The molecular weight excluding hydrogens is 368 g/mol. The van der Waals surface area contributed by atoms with Gasteiger partial charge in [-0.15, -0.1) is 0 Å². The smallest absolute Gasteiger partial charge is 0.327 e. The Morgan fingerprint density at radius 3 is 2.50 bits per heavy atom. The molecule has 1 saturated heterocycles. The quantitative estimate of drug-likeness (QED) is 0.461. The average Bonchev–Trinajstić information content (AvgIpc) is 3.43. The predicted molar refractivity (Wildman–Crippen MR) is 95.3 cm³/mol. The van der Waals surface area contributed by atoms with Crippen LogP contribution in [0.3, 0.4) is 0 Å². The summed E-state index contributed by atoms with van der Waals surface area (Å²) < 4.78 is 11.0. The zero-order chi connectivity index (χ0) is 19.7. The maximum atomic E-state index is 12.4. The number of benzene rings is 1. The molecule has 0 unspecified atom stereocenters. The molecule has 2 fully saturated rings. The van der Waals surface area contributed by atoms with Crippen molar-refractivity contribution in [3.63, 3.8) is 0 Å². The fraction of sp³-hybridized carbons (Fsp3) is 0.444. The number of hydrogen-bond acceptors (Lipinski definition) is 6. The van der Waals surface area contributed by atoms with Gasteiger partial charge in [-0.25, -0.2) is 0 Å². The summed E-state index contributed by atoms with van der Waals surface area (Å²) in [6.07, 6.45) is 1.71. The summed E-state index contributed by atoms with van der Waals surface area (Å²) in [7, 11) is 0. The standard InChI is InChI=1S/C18H20N4O6/c23-15-7-10(16(24)20-21-18(26)17(25)19-11-1-2-11)9-22(15)12-3-4-13-14(8-12)28-6-5-27-13/h3-4,8,10-11H,1-2,5-7,9H2,(H,19,25)(H,20,24)(H,21,26)/t10-/m1/s1. The summed E-state index contributed by atoms with van der Waals surface area (Å²) in [6.45, 7) is 1.07. The average molecular weight is 388 g/mol. The molecule has 0 aromatic heterocycles. The molecule has 2 aliphatic heterocycles. The van der Waals surface area contributed by atoms with E-state index in [0.717, 1.165) is 12.8 Å². The first-order chi connectivity index (χ1) is 13.5. The van der Waals surface area contributed by atoms with Crippen LogP contribution in [-0.4, -0.2) is 49.4 Å². The van der Waals surface area contributed by atoms with Gasteiger partial charge in [0.25, 0.3) is 0 Å². The van der Waals surface area contributed by atoms with Gasteiger partial charge in [-0.1, -0.05) is 0 Å². The molecule has 1 aliphatic carbocycles. The molecule has 3 aliphatic rings. The number of carbonyl (C=O) groups excluding carboxylic acids is 4. The monoisotopic (exact) mass is 388 g/mol. The Hall–Kier alpha value is -3.30. The van der Waals surface area contributed by atoms with Crippen LogP contribution in [0.25, 0.3) is 0 Å². The number of nitrogens with zero attached hydrogens (tertiary/aromatic N) is 1. The van der Waals surface area contributed by atoms with E-state index in [9.17, 15) is 19.2 Å². The number of hydrazine groups is 1. The van der Waals surface area contributed by atoms with Gasteiger partial charge < -0.3 is 19.7 Å². The first kappa shape index (κ1) is 18.1. The second-order valence-electron chi connectivity index (χ2n) is 6.92. The Bertz CT molecular complexity index is 837. The van der Waals surface area contributed by atoms with E-state index >= 15 is 0 Å². The summed E-state index contributed by atoms with van der Waals surface area (Å²) in [5, 5.41) is 2.52. The molecule has 0 radical (unpaired) electrons. The number of hydrogen-bond donors (Lipinski definition) is 3. The van der Waals surface area contributed by atoms with Crippen LogP contribution in [0.1, 0.15) is 19.3 Å². The number of ether oxygens (including phenoxy) is 2. The van der Waals surface area contributed by atoms with Gasteiger partial charge >= 0.3 is 11.8 Å². The molecule has 1 aromatic carbocycles. The minimum atomic E-state index is -0.937. The van der Waals surface area contributed by atoms with E-state index in [1.54, 1.807) is 18.2 Å². The SMILES string of the molecule is O=C(NNC(=O)[C@@H]1CC(=O)N(c2ccc3c(c2)OCCO3)C1)C(=O)NC1CC1. The van der Waals surface area contributed by atoms with E-state index < -0.39 is 23.6 Å². The van der Waals surface area contributed by atoms with Crippen molar-refractivity contribution in [3.8, 4) is 11.5 Å². The summed E-state index contributed by atoms with van der Waals surface area (Å²) in [5.74, 6) is -1.94. The highest BCUT2D eigenvalue weighted by Crippen LogP contribution is 2.35. The van der Waals surface area contributed by atoms with Crippen LogP contribution in [-0.2, 0) is 19.2 Å². The van der Waals surface area contributed by atoms with Gasteiger partial charge in [-0.2, -0.15) is 0 Å². The highest BCUT2D eigenvalue weighted by Gasteiger charge is 2.36. The minimum Gasteiger partial charge on any atom is -0.486 e. The second kappa shape index (κ2) is 7.37. The summed E-state index contributed by atoms with van der Waals surface area (Å²) in [5.41, 5.74) is 4.91. The van der Waals surface area contributed by atoms with Crippen molar-refractivity contribution in [3.05, 3.63) is 18.2 Å². The third-order valence-electron chi connectivity index (χ3n) is 4.75. The van der Waals surface area contributed by atoms with Crippen LogP contribution in [0.15, 0.2) is 18.2 Å². The molecule has 10 heteroatoms. The Morgan fingerprint density at radius 2 is 1.75 bits per heavy atom. The van der Waals surface area contributed by atoms with Gasteiger partial charge in [0.2, 0.25) is 11.8 Å².